The number of imidazole rings is 1. The van der Waals surface area contributed by atoms with E-state index in [1.807, 2.05) is 0 Å². The Kier molecular flexibility index (Phi) is 17.6. The SMILES string of the molecule is Cc1c(NC(=O)c2cccc(OCC(=O)NCCNC(=O)COc3cccc(C(=O)Nc4nc(C(=O)c5ccc(N)c(C(=O)O)c5)n5ccccc45)c3)c2)c2ccccn2c1C(=O)c1ccc(NC(=O)C(F)(F)F)c(C(=O)OCc2ccccc2)c1. The summed E-state index contributed by atoms with van der Waals surface area (Å²) in [4.78, 5) is 122. The summed E-state index contributed by atoms with van der Waals surface area (Å²) in [6, 6.07) is 37.1. The zero-order valence-electron chi connectivity index (χ0n) is 45.0. The van der Waals surface area contributed by atoms with Crippen LogP contribution in [0.1, 0.15) is 84.8 Å². The van der Waals surface area contributed by atoms with Crippen molar-refractivity contribution in [1.82, 2.24) is 24.4 Å². The molecule has 0 saturated carbocycles. The number of benzene rings is 5. The molecule has 22 nitrogen and oxygen atoms in total. The molecule has 0 fully saturated rings. The number of pyridine rings is 2. The molecule has 0 aliphatic carbocycles. The number of carboxylic acids is 1. The van der Waals surface area contributed by atoms with Crippen LogP contribution in [0.25, 0.3) is 11.0 Å². The van der Waals surface area contributed by atoms with Crippen molar-refractivity contribution >= 4 is 87.0 Å². The molecule has 5 amide bonds. The molecule has 0 bridgehead atoms. The lowest BCUT2D eigenvalue weighted by Gasteiger charge is -2.14. The number of anilines is 4. The summed E-state index contributed by atoms with van der Waals surface area (Å²) >= 11 is 0. The molecule has 0 radical (unpaired) electrons. The number of nitrogens with one attached hydrogen (secondary N) is 5. The number of ether oxygens (including phenoxy) is 3. The number of hydrogen-bond donors (Lipinski definition) is 7. The van der Waals surface area contributed by atoms with Crippen molar-refractivity contribution in [3.05, 3.63) is 220 Å². The summed E-state index contributed by atoms with van der Waals surface area (Å²) in [5.74, 6) is -8.21. The van der Waals surface area contributed by atoms with Crippen LogP contribution in [0.2, 0.25) is 0 Å². The number of ketones is 2. The summed E-state index contributed by atoms with van der Waals surface area (Å²) in [7, 11) is 0. The molecule has 5 aromatic carbocycles. The fourth-order valence-electron chi connectivity index (χ4n) is 8.79. The lowest BCUT2D eigenvalue weighted by molar-refractivity contribution is -0.167. The molecule has 86 heavy (non-hydrogen) atoms. The summed E-state index contributed by atoms with van der Waals surface area (Å²) in [5.41, 5.74) is 6.35. The van der Waals surface area contributed by atoms with E-state index >= 15 is 0 Å². The predicted molar refractivity (Wildman–Crippen MR) is 304 cm³/mol. The van der Waals surface area contributed by atoms with Crippen molar-refractivity contribution in [1.29, 1.82) is 0 Å². The number of hydrogen-bond acceptors (Lipinski definition) is 14. The number of fused-ring (bicyclic) bond motifs is 2. The third-order valence-electron chi connectivity index (χ3n) is 13.0. The van der Waals surface area contributed by atoms with Crippen LogP contribution in [-0.4, -0.2) is 104 Å². The van der Waals surface area contributed by atoms with Gasteiger partial charge in [0, 0.05) is 59.0 Å². The number of rotatable bonds is 22. The number of nitrogen functional groups attached to an aromatic ring is 1. The number of nitrogens with two attached hydrogens (primary N) is 1. The Morgan fingerprint density at radius 2 is 1.16 bits per heavy atom. The van der Waals surface area contributed by atoms with E-state index in [1.165, 1.54) is 69.5 Å². The van der Waals surface area contributed by atoms with Crippen molar-refractivity contribution in [2.24, 2.45) is 0 Å². The highest BCUT2D eigenvalue weighted by atomic mass is 19.4. The van der Waals surface area contributed by atoms with E-state index in [0.717, 1.165) is 24.3 Å². The lowest BCUT2D eigenvalue weighted by Crippen LogP contribution is -2.38. The monoisotopic (exact) mass is 1170 g/mol. The predicted octanol–water partition coefficient (Wildman–Crippen LogP) is 7.69. The highest BCUT2D eigenvalue weighted by Gasteiger charge is 2.39. The number of aromatic carboxylic acids is 1. The van der Waals surface area contributed by atoms with Crippen LogP contribution >= 0.6 is 0 Å². The second kappa shape index (κ2) is 25.7. The van der Waals surface area contributed by atoms with Gasteiger partial charge in [0.2, 0.25) is 11.6 Å². The van der Waals surface area contributed by atoms with Crippen LogP contribution in [0.3, 0.4) is 0 Å². The number of alkyl halides is 3. The minimum Gasteiger partial charge on any atom is -0.484 e. The van der Waals surface area contributed by atoms with Crippen molar-refractivity contribution in [2.45, 2.75) is 19.7 Å². The molecule has 8 N–H and O–H groups in total. The molecule has 25 heteroatoms. The zero-order chi connectivity index (χ0) is 61.2. The first-order valence-electron chi connectivity index (χ1n) is 25.9. The van der Waals surface area contributed by atoms with E-state index in [-0.39, 0.29) is 93.3 Å². The van der Waals surface area contributed by atoms with Crippen LogP contribution < -0.4 is 41.8 Å². The molecular formula is C61H48F3N9O13. The molecule has 0 aliphatic heterocycles. The van der Waals surface area contributed by atoms with Crippen LogP contribution in [-0.2, 0) is 25.7 Å². The lowest BCUT2D eigenvalue weighted by atomic mass is 10.0. The van der Waals surface area contributed by atoms with Gasteiger partial charge in [0.25, 0.3) is 23.6 Å². The van der Waals surface area contributed by atoms with Crippen LogP contribution in [0.5, 0.6) is 11.5 Å². The fourth-order valence-corrected chi connectivity index (χ4v) is 8.79. The Balaban J connectivity index is 0.758. The maximum atomic E-state index is 14.4. The van der Waals surface area contributed by atoms with Crippen molar-refractivity contribution in [2.75, 3.05) is 48.0 Å². The van der Waals surface area contributed by atoms with Crippen LogP contribution in [0, 0.1) is 6.92 Å². The van der Waals surface area contributed by atoms with Crippen molar-refractivity contribution in [3.8, 4) is 11.5 Å². The Morgan fingerprint density at radius 3 is 1.79 bits per heavy atom. The Morgan fingerprint density at radius 1 is 0.593 bits per heavy atom. The standard InChI is InChI=1S/C61H48F3N9O13/c1-34-50(46-17-5-7-25-72(46)51(34)52(76)36-20-22-45(68-60(83)61(62,63)64)43(30-36)59(82)86-31-35-11-3-2-4-12-35)69-56(78)38-13-9-15-40(27-38)84-32-48(74)66-23-24-67-49(75)33-85-41-16-10-14-39(28-41)57(79)71-54-47-18-6-8-26-73(47)55(70-54)53(77)37-19-21-44(65)42(29-37)58(80)81/h2-22,25-30H,23-24,31-33,65H2,1H3,(H,66,74)(H,67,75)(H,68,83)(H,69,78)(H,71,79)(H,80,81). The molecule has 4 aromatic heterocycles. The number of nitrogens with zero attached hydrogens (tertiary/aromatic N) is 3. The van der Waals surface area contributed by atoms with Gasteiger partial charge in [-0.2, -0.15) is 13.2 Å². The average Bonchev–Trinajstić information content (AvgIpc) is 2.11. The van der Waals surface area contributed by atoms with Gasteiger partial charge < -0.3 is 56.0 Å². The van der Waals surface area contributed by atoms with Gasteiger partial charge in [-0.3, -0.25) is 38.0 Å². The maximum absolute atomic E-state index is 14.4. The third kappa shape index (κ3) is 13.6. The minimum atomic E-state index is -5.30. The molecule has 0 aliphatic rings. The molecular weight excluding hydrogens is 1120 g/mol. The molecule has 0 unspecified atom stereocenters. The topological polar surface area (TPSA) is 309 Å². The Labute approximate surface area is 484 Å². The van der Waals surface area contributed by atoms with E-state index in [1.54, 1.807) is 91.4 Å². The number of carbonyl (C=O) groups is 9. The molecule has 0 spiro atoms. The number of carbonyl (C=O) groups excluding carboxylic acids is 8. The highest BCUT2D eigenvalue weighted by molar-refractivity contribution is 6.16. The van der Waals surface area contributed by atoms with Gasteiger partial charge in [0.15, 0.2) is 24.9 Å². The van der Waals surface area contributed by atoms with Gasteiger partial charge in [0.1, 0.15) is 18.1 Å². The van der Waals surface area contributed by atoms with E-state index in [4.69, 9.17) is 19.9 Å². The minimum absolute atomic E-state index is 0.00222. The summed E-state index contributed by atoms with van der Waals surface area (Å²) in [5, 5.41) is 21.9. The Bertz CT molecular complexity index is 4180. The normalized spacial score (nSPS) is 11.1. The average molecular weight is 1170 g/mol. The second-order valence-electron chi connectivity index (χ2n) is 18.8. The quantitative estimate of drug-likeness (QED) is 0.0148. The zero-order valence-corrected chi connectivity index (χ0v) is 45.0. The first-order valence-corrected chi connectivity index (χ1v) is 25.9. The van der Waals surface area contributed by atoms with E-state index < -0.39 is 83.7 Å². The first-order chi connectivity index (χ1) is 41.2. The summed E-state index contributed by atoms with van der Waals surface area (Å²) in [6.07, 6.45) is -2.19. The summed E-state index contributed by atoms with van der Waals surface area (Å²) < 4.78 is 59.5. The molecule has 0 saturated heterocycles. The highest BCUT2D eigenvalue weighted by Crippen LogP contribution is 2.33. The van der Waals surface area contributed by atoms with E-state index in [0.29, 0.717) is 16.6 Å². The largest absolute Gasteiger partial charge is 0.484 e. The van der Waals surface area contributed by atoms with Gasteiger partial charge in [-0.1, -0.05) is 54.6 Å². The fraction of sp³-hybridized carbons (Fsp3) is 0.115. The second-order valence-corrected chi connectivity index (χ2v) is 18.8. The van der Waals surface area contributed by atoms with Crippen molar-refractivity contribution < 1.29 is 75.6 Å². The molecule has 4 heterocycles. The smallest absolute Gasteiger partial charge is 0.471 e. The van der Waals surface area contributed by atoms with Gasteiger partial charge in [0.05, 0.1) is 39.2 Å². The maximum Gasteiger partial charge on any atom is 0.471 e. The number of esters is 1. The third-order valence-corrected chi connectivity index (χ3v) is 13.0. The number of aromatic nitrogens is 3. The molecule has 0 atom stereocenters. The molecule has 9 aromatic rings. The van der Waals surface area contributed by atoms with Gasteiger partial charge in [-0.05, 0) is 110 Å². The molecule has 9 rings (SSSR count). The number of halogens is 3. The van der Waals surface area contributed by atoms with Crippen molar-refractivity contribution in [3.63, 3.8) is 0 Å². The van der Waals surface area contributed by atoms with Crippen LogP contribution in [0.15, 0.2) is 164 Å². The van der Waals surface area contributed by atoms with Gasteiger partial charge in [-0.15, -0.1) is 0 Å². The number of amides is 5. The van der Waals surface area contributed by atoms with E-state index in [2.05, 4.69) is 26.3 Å². The number of carboxylic acid groups (broad SMARTS) is 1. The van der Waals surface area contributed by atoms with Gasteiger partial charge in [-0.25, -0.2) is 14.6 Å². The van der Waals surface area contributed by atoms with Crippen LogP contribution in [0.4, 0.5) is 36.1 Å². The molecule has 436 valence electrons. The van der Waals surface area contributed by atoms with E-state index in [9.17, 15) is 61.4 Å². The summed E-state index contributed by atoms with van der Waals surface area (Å²) in [6.45, 7) is 0.363. The Hall–Kier alpha value is -11.6. The van der Waals surface area contributed by atoms with Gasteiger partial charge >= 0.3 is 24.0 Å². The first kappa shape index (κ1) is 59.0.